The van der Waals surface area contributed by atoms with E-state index >= 15 is 0 Å². The molecule has 0 saturated heterocycles. The van der Waals surface area contributed by atoms with E-state index in [1.54, 1.807) is 6.07 Å². The van der Waals surface area contributed by atoms with Crippen LogP contribution in [0.3, 0.4) is 0 Å². The number of halogens is 2. The average molecular weight is 351 g/mol. The van der Waals surface area contributed by atoms with Crippen molar-refractivity contribution in [2.75, 3.05) is 5.73 Å². The van der Waals surface area contributed by atoms with Crippen LogP contribution in [0.5, 0.6) is 0 Å². The number of hydrogen-bond acceptors (Lipinski definition) is 2. The van der Waals surface area contributed by atoms with Gasteiger partial charge in [0, 0.05) is 20.6 Å². The Morgan fingerprint density at radius 1 is 1.25 bits per heavy atom. The Bertz CT molecular complexity index is 782. The normalized spacial score (nSPS) is 12.8. The van der Waals surface area contributed by atoms with Crippen LogP contribution in [0.2, 0.25) is 5.02 Å². The molecule has 1 unspecified atom stereocenters. The lowest BCUT2D eigenvalue weighted by molar-refractivity contribution is 0.585. The molecule has 0 aliphatic carbocycles. The molecule has 0 saturated carbocycles. The molecular weight excluding hydrogens is 338 g/mol. The van der Waals surface area contributed by atoms with Gasteiger partial charge in [0.25, 0.3) is 0 Å². The average Bonchev–Trinajstić information content (AvgIpc) is 2.81. The van der Waals surface area contributed by atoms with Crippen molar-refractivity contribution in [3.8, 4) is 0 Å². The molecule has 2 N–H and O–H groups in total. The van der Waals surface area contributed by atoms with Crippen LogP contribution in [0.4, 0.5) is 5.69 Å². The van der Waals surface area contributed by atoms with Gasteiger partial charge in [0.2, 0.25) is 0 Å². The van der Waals surface area contributed by atoms with Crippen molar-refractivity contribution in [3.63, 3.8) is 0 Å². The van der Waals surface area contributed by atoms with Gasteiger partial charge in [-0.2, -0.15) is 5.10 Å². The number of hydrogen-bond donors (Lipinski definition) is 1. The van der Waals surface area contributed by atoms with Crippen LogP contribution in [-0.4, -0.2) is 9.78 Å². The largest absolute Gasteiger partial charge is 0.398 e. The summed E-state index contributed by atoms with van der Waals surface area (Å²) in [6.07, 6.45) is 1.87. The molecule has 0 radical (unpaired) electrons. The van der Waals surface area contributed by atoms with Crippen LogP contribution in [-0.2, 0) is 0 Å². The van der Waals surface area contributed by atoms with Gasteiger partial charge in [-0.3, -0.25) is 4.68 Å². The number of nitrogen functional groups attached to an aromatic ring is 1. The fraction of sp³-hybridized carbons (Fsp3) is 0.133. The molecule has 0 amide bonds. The molecule has 1 atom stereocenters. The number of aromatic nitrogens is 2. The topological polar surface area (TPSA) is 43.8 Å². The van der Waals surface area contributed by atoms with Crippen molar-refractivity contribution >= 4 is 44.1 Å². The first-order valence-electron chi connectivity index (χ1n) is 6.24. The number of nitrogens with zero attached hydrogens (tertiary/aromatic N) is 2. The van der Waals surface area contributed by atoms with E-state index in [0.29, 0.717) is 10.7 Å². The summed E-state index contributed by atoms with van der Waals surface area (Å²) in [5.74, 6) is 0. The minimum atomic E-state index is 0.0408. The van der Waals surface area contributed by atoms with Crippen molar-refractivity contribution in [2.24, 2.45) is 0 Å². The maximum absolute atomic E-state index is 6.07. The molecule has 0 bridgehead atoms. The SMILES string of the molecule is CC(c1ccc(Cl)cc1N)n1ncc2ccc(Br)cc21. The predicted molar refractivity (Wildman–Crippen MR) is 87.1 cm³/mol. The van der Waals surface area contributed by atoms with Gasteiger partial charge in [-0.25, -0.2) is 0 Å². The summed E-state index contributed by atoms with van der Waals surface area (Å²) in [5, 5.41) is 6.23. The van der Waals surface area contributed by atoms with Crippen LogP contribution in [0, 0.1) is 0 Å². The minimum Gasteiger partial charge on any atom is -0.398 e. The zero-order valence-electron chi connectivity index (χ0n) is 10.8. The lowest BCUT2D eigenvalue weighted by Gasteiger charge is -2.16. The van der Waals surface area contributed by atoms with Crippen LogP contribution in [0.15, 0.2) is 47.1 Å². The summed E-state index contributed by atoms with van der Waals surface area (Å²) >= 11 is 9.45. The Morgan fingerprint density at radius 3 is 2.80 bits per heavy atom. The molecule has 5 heteroatoms. The van der Waals surface area contributed by atoms with E-state index in [0.717, 1.165) is 20.9 Å². The van der Waals surface area contributed by atoms with E-state index in [9.17, 15) is 0 Å². The van der Waals surface area contributed by atoms with E-state index in [1.165, 1.54) is 0 Å². The van der Waals surface area contributed by atoms with Crippen LogP contribution in [0.1, 0.15) is 18.5 Å². The first kappa shape index (κ1) is 13.5. The monoisotopic (exact) mass is 349 g/mol. The van der Waals surface area contributed by atoms with Gasteiger partial charge < -0.3 is 5.73 Å². The highest BCUT2D eigenvalue weighted by Gasteiger charge is 2.15. The zero-order valence-corrected chi connectivity index (χ0v) is 13.2. The Morgan fingerprint density at radius 2 is 2.05 bits per heavy atom. The van der Waals surface area contributed by atoms with Gasteiger partial charge in [-0.1, -0.05) is 39.7 Å². The van der Waals surface area contributed by atoms with Gasteiger partial charge in [-0.15, -0.1) is 0 Å². The van der Waals surface area contributed by atoms with E-state index in [1.807, 2.05) is 35.1 Å². The summed E-state index contributed by atoms with van der Waals surface area (Å²) in [6, 6.07) is 11.7. The maximum atomic E-state index is 6.07. The van der Waals surface area contributed by atoms with Gasteiger partial charge in [0.1, 0.15) is 0 Å². The summed E-state index contributed by atoms with van der Waals surface area (Å²) in [6.45, 7) is 2.08. The van der Waals surface area contributed by atoms with Gasteiger partial charge in [-0.05, 0) is 36.8 Å². The quantitative estimate of drug-likeness (QED) is 0.684. The van der Waals surface area contributed by atoms with Crippen molar-refractivity contribution in [2.45, 2.75) is 13.0 Å². The molecular formula is C15H13BrClN3. The predicted octanol–water partition coefficient (Wildman–Crippen LogP) is 4.64. The second-order valence-electron chi connectivity index (χ2n) is 4.74. The van der Waals surface area contributed by atoms with Crippen molar-refractivity contribution < 1.29 is 0 Å². The van der Waals surface area contributed by atoms with E-state index in [-0.39, 0.29) is 6.04 Å². The van der Waals surface area contributed by atoms with E-state index in [2.05, 4.69) is 34.0 Å². The zero-order chi connectivity index (χ0) is 14.3. The number of nitrogens with two attached hydrogens (primary N) is 1. The molecule has 102 valence electrons. The van der Waals surface area contributed by atoms with Crippen molar-refractivity contribution in [3.05, 3.63) is 57.7 Å². The maximum Gasteiger partial charge on any atom is 0.0767 e. The third-order valence-electron chi connectivity index (χ3n) is 3.43. The molecule has 3 aromatic rings. The number of rotatable bonds is 2. The summed E-state index contributed by atoms with van der Waals surface area (Å²) in [5.41, 5.74) is 8.84. The second-order valence-corrected chi connectivity index (χ2v) is 6.09. The molecule has 1 heterocycles. The highest BCUT2D eigenvalue weighted by Crippen LogP contribution is 2.29. The fourth-order valence-electron chi connectivity index (χ4n) is 2.38. The van der Waals surface area contributed by atoms with Crippen LogP contribution >= 0.6 is 27.5 Å². The van der Waals surface area contributed by atoms with Crippen molar-refractivity contribution in [1.29, 1.82) is 0 Å². The molecule has 0 spiro atoms. The fourth-order valence-corrected chi connectivity index (χ4v) is 2.91. The lowest BCUT2D eigenvalue weighted by Crippen LogP contribution is -2.10. The minimum absolute atomic E-state index is 0.0408. The summed E-state index contributed by atoms with van der Waals surface area (Å²) < 4.78 is 3.00. The lowest BCUT2D eigenvalue weighted by atomic mass is 10.1. The molecule has 20 heavy (non-hydrogen) atoms. The summed E-state index contributed by atoms with van der Waals surface area (Å²) in [7, 11) is 0. The third kappa shape index (κ3) is 2.30. The second kappa shape index (κ2) is 5.11. The Hall–Kier alpha value is -1.52. The number of benzene rings is 2. The van der Waals surface area contributed by atoms with Crippen LogP contribution < -0.4 is 5.73 Å². The first-order valence-corrected chi connectivity index (χ1v) is 7.41. The highest BCUT2D eigenvalue weighted by molar-refractivity contribution is 9.10. The van der Waals surface area contributed by atoms with Gasteiger partial charge >= 0.3 is 0 Å². The number of fused-ring (bicyclic) bond motifs is 1. The molecule has 0 fully saturated rings. The van der Waals surface area contributed by atoms with Crippen LogP contribution in [0.25, 0.3) is 10.9 Å². The molecule has 3 nitrogen and oxygen atoms in total. The van der Waals surface area contributed by atoms with E-state index < -0.39 is 0 Å². The van der Waals surface area contributed by atoms with Gasteiger partial charge in [0.15, 0.2) is 0 Å². The number of anilines is 1. The highest BCUT2D eigenvalue weighted by atomic mass is 79.9. The third-order valence-corrected chi connectivity index (χ3v) is 4.15. The molecule has 0 aliphatic rings. The van der Waals surface area contributed by atoms with E-state index in [4.69, 9.17) is 17.3 Å². The molecule has 2 aromatic carbocycles. The Labute approximate surface area is 130 Å². The smallest absolute Gasteiger partial charge is 0.0767 e. The van der Waals surface area contributed by atoms with Gasteiger partial charge in [0.05, 0.1) is 17.8 Å². The molecule has 3 rings (SSSR count). The Kier molecular flexibility index (Phi) is 3.44. The van der Waals surface area contributed by atoms with Crippen molar-refractivity contribution in [1.82, 2.24) is 9.78 Å². The Balaban J connectivity index is 2.12. The summed E-state index contributed by atoms with van der Waals surface area (Å²) in [4.78, 5) is 0. The standard InChI is InChI=1S/C15H13BrClN3/c1-9(13-5-4-12(17)7-14(13)18)20-15-6-11(16)3-2-10(15)8-19-20/h2-9H,18H2,1H3. The first-order chi connectivity index (χ1) is 9.56. The molecule has 1 aromatic heterocycles. The molecule has 0 aliphatic heterocycles.